The number of halogens is 1. The molecule has 22 heavy (non-hydrogen) atoms. The number of hydrogen-bond acceptors (Lipinski definition) is 3. The van der Waals surface area contributed by atoms with Crippen molar-refractivity contribution < 1.29 is 0 Å². The second-order valence-electron chi connectivity index (χ2n) is 6.31. The van der Waals surface area contributed by atoms with Crippen molar-refractivity contribution in [3.63, 3.8) is 0 Å². The zero-order valence-corrected chi connectivity index (χ0v) is 16.2. The van der Waals surface area contributed by atoms with Gasteiger partial charge < -0.3 is 15.5 Å². The van der Waals surface area contributed by atoms with Gasteiger partial charge in [0.1, 0.15) is 0 Å². The van der Waals surface area contributed by atoms with Crippen molar-refractivity contribution in [2.24, 2.45) is 5.41 Å². The molecule has 0 atom stereocenters. The first kappa shape index (κ1) is 19.6. The van der Waals surface area contributed by atoms with Gasteiger partial charge in [0.25, 0.3) is 0 Å². The smallest absolute Gasteiger partial charge is 0.166 e. The van der Waals surface area contributed by atoms with E-state index in [9.17, 15) is 0 Å². The molecule has 124 valence electrons. The fourth-order valence-electron chi connectivity index (χ4n) is 2.16. The van der Waals surface area contributed by atoms with Gasteiger partial charge >= 0.3 is 0 Å². The lowest BCUT2D eigenvalue weighted by atomic mass is 9.93. The second kappa shape index (κ2) is 9.60. The van der Waals surface area contributed by atoms with Crippen molar-refractivity contribution in [3.05, 3.63) is 29.3 Å². The highest BCUT2D eigenvalue weighted by Crippen LogP contribution is 2.19. The normalized spacial score (nSPS) is 11.5. The van der Waals surface area contributed by atoms with Crippen molar-refractivity contribution in [1.82, 2.24) is 15.5 Å². The van der Waals surface area contributed by atoms with Gasteiger partial charge in [-0.3, -0.25) is 0 Å². The lowest BCUT2D eigenvalue weighted by molar-refractivity contribution is 0.241. The molecule has 0 saturated carbocycles. The molecule has 0 aromatic heterocycles. The Morgan fingerprint density at radius 2 is 1.86 bits per heavy atom. The third-order valence-electron chi connectivity index (χ3n) is 2.94. The summed E-state index contributed by atoms with van der Waals surface area (Å²) in [6.07, 6.45) is 0. The molecule has 2 N–H and O–H groups in total. The molecule has 1 rings (SSSR count). The van der Waals surface area contributed by atoms with Crippen LogP contribution in [0.2, 0.25) is 5.02 Å². The van der Waals surface area contributed by atoms with Crippen LogP contribution in [-0.2, 0) is 0 Å². The third kappa shape index (κ3) is 8.83. The molecule has 0 spiro atoms. The Balaban J connectivity index is 2.17. The van der Waals surface area contributed by atoms with E-state index in [0.29, 0.717) is 0 Å². The lowest BCUT2D eigenvalue weighted by Gasteiger charge is -2.29. The van der Waals surface area contributed by atoms with Crippen LogP contribution in [0.4, 0.5) is 0 Å². The quantitative estimate of drug-likeness (QED) is 0.421. The molecule has 0 aliphatic rings. The van der Waals surface area contributed by atoms with Crippen molar-refractivity contribution in [2.75, 3.05) is 39.5 Å². The largest absolute Gasteiger partial charge is 0.362 e. The molecule has 0 fully saturated rings. The van der Waals surface area contributed by atoms with E-state index in [1.165, 1.54) is 4.90 Å². The molecular weight excluding hydrogens is 334 g/mol. The first-order chi connectivity index (χ1) is 10.3. The Kier molecular flexibility index (Phi) is 8.54. The highest BCUT2D eigenvalue weighted by atomic mass is 35.5. The van der Waals surface area contributed by atoms with Gasteiger partial charge in [-0.25, -0.2) is 0 Å². The number of rotatable bonds is 8. The minimum Gasteiger partial charge on any atom is -0.362 e. The van der Waals surface area contributed by atoms with Gasteiger partial charge in [0.15, 0.2) is 5.11 Å². The fourth-order valence-corrected chi connectivity index (χ4v) is 3.23. The van der Waals surface area contributed by atoms with Crippen molar-refractivity contribution in [1.29, 1.82) is 0 Å². The summed E-state index contributed by atoms with van der Waals surface area (Å²) < 4.78 is 0. The van der Waals surface area contributed by atoms with Crippen LogP contribution in [0.15, 0.2) is 29.2 Å². The molecule has 0 radical (unpaired) electrons. The monoisotopic (exact) mass is 359 g/mol. The van der Waals surface area contributed by atoms with Gasteiger partial charge in [-0.15, -0.1) is 11.8 Å². The molecule has 0 heterocycles. The molecule has 3 nitrogen and oxygen atoms in total. The summed E-state index contributed by atoms with van der Waals surface area (Å²) in [6, 6.07) is 7.90. The van der Waals surface area contributed by atoms with Gasteiger partial charge in [-0.05, 0) is 56.0 Å². The van der Waals surface area contributed by atoms with E-state index in [2.05, 4.69) is 43.5 Å². The van der Waals surface area contributed by atoms with Crippen LogP contribution < -0.4 is 10.6 Å². The van der Waals surface area contributed by atoms with Gasteiger partial charge in [-0.2, -0.15) is 0 Å². The molecule has 0 bridgehead atoms. The van der Waals surface area contributed by atoms with E-state index in [-0.39, 0.29) is 5.41 Å². The molecule has 1 aromatic rings. The summed E-state index contributed by atoms with van der Waals surface area (Å²) in [5, 5.41) is 8.05. The number of nitrogens with zero attached hydrogens (tertiary/aromatic N) is 1. The van der Waals surface area contributed by atoms with Crippen LogP contribution in [0.1, 0.15) is 13.8 Å². The van der Waals surface area contributed by atoms with E-state index < -0.39 is 0 Å². The van der Waals surface area contributed by atoms with Crippen molar-refractivity contribution in [3.8, 4) is 0 Å². The predicted octanol–water partition coefficient (Wildman–Crippen LogP) is 3.48. The van der Waals surface area contributed by atoms with Gasteiger partial charge in [0.2, 0.25) is 0 Å². The van der Waals surface area contributed by atoms with E-state index in [1.807, 2.05) is 24.3 Å². The molecular formula is C16H26ClN3S2. The summed E-state index contributed by atoms with van der Waals surface area (Å²) in [6.45, 7) is 7.20. The maximum Gasteiger partial charge on any atom is 0.166 e. The van der Waals surface area contributed by atoms with Crippen molar-refractivity contribution >= 4 is 40.7 Å². The SMILES string of the molecule is CN(C)CC(C)(C)CNC(=S)NCCSc1ccc(Cl)cc1. The minimum absolute atomic E-state index is 0.188. The zero-order valence-electron chi connectivity index (χ0n) is 13.8. The Labute approximate surface area is 149 Å². The highest BCUT2D eigenvalue weighted by Gasteiger charge is 2.18. The van der Waals surface area contributed by atoms with Gasteiger partial charge in [0.05, 0.1) is 0 Å². The van der Waals surface area contributed by atoms with Gasteiger partial charge in [-0.1, -0.05) is 25.4 Å². The average molecular weight is 360 g/mol. The third-order valence-corrected chi connectivity index (χ3v) is 4.50. The zero-order chi connectivity index (χ0) is 16.6. The Morgan fingerprint density at radius 1 is 1.23 bits per heavy atom. The number of thioether (sulfide) groups is 1. The summed E-state index contributed by atoms with van der Waals surface area (Å²) >= 11 is 13.0. The molecule has 6 heteroatoms. The van der Waals surface area contributed by atoms with E-state index in [1.54, 1.807) is 11.8 Å². The minimum atomic E-state index is 0.188. The number of thiocarbonyl (C=S) groups is 1. The fraction of sp³-hybridized carbons (Fsp3) is 0.562. The van der Waals surface area contributed by atoms with Crippen LogP contribution in [0, 0.1) is 5.41 Å². The summed E-state index contributed by atoms with van der Waals surface area (Å²) in [7, 11) is 4.18. The molecule has 0 unspecified atom stereocenters. The summed E-state index contributed by atoms with van der Waals surface area (Å²) in [4.78, 5) is 3.41. The molecule has 1 aromatic carbocycles. The van der Waals surface area contributed by atoms with E-state index >= 15 is 0 Å². The maximum atomic E-state index is 5.87. The van der Waals surface area contributed by atoms with Gasteiger partial charge in [0, 0.05) is 35.3 Å². The Hall–Kier alpha value is -0.490. The van der Waals surface area contributed by atoms with E-state index in [0.717, 1.165) is 35.5 Å². The number of benzene rings is 1. The number of nitrogens with one attached hydrogen (secondary N) is 2. The Morgan fingerprint density at radius 3 is 2.45 bits per heavy atom. The summed E-state index contributed by atoms with van der Waals surface area (Å²) in [5.41, 5.74) is 0.188. The van der Waals surface area contributed by atoms with E-state index in [4.69, 9.17) is 23.8 Å². The standard InChI is InChI=1S/C16H26ClN3S2/c1-16(2,12-20(3)4)11-19-15(21)18-9-10-22-14-7-5-13(17)6-8-14/h5-8H,9-12H2,1-4H3,(H2,18,19,21). The predicted molar refractivity (Wildman–Crippen MR) is 103 cm³/mol. The molecule has 0 saturated heterocycles. The number of hydrogen-bond donors (Lipinski definition) is 2. The van der Waals surface area contributed by atoms with Crippen molar-refractivity contribution in [2.45, 2.75) is 18.7 Å². The molecule has 0 aliphatic heterocycles. The molecule has 0 amide bonds. The second-order valence-corrected chi connectivity index (χ2v) is 8.33. The van der Waals surface area contributed by atoms with Crippen LogP contribution >= 0.6 is 35.6 Å². The Bertz CT molecular complexity index is 461. The topological polar surface area (TPSA) is 27.3 Å². The van der Waals surface area contributed by atoms with Crippen LogP contribution in [0.5, 0.6) is 0 Å². The maximum absolute atomic E-state index is 5.87. The first-order valence-electron chi connectivity index (χ1n) is 7.33. The summed E-state index contributed by atoms with van der Waals surface area (Å²) in [5.74, 6) is 0.963. The first-order valence-corrected chi connectivity index (χ1v) is 9.10. The van der Waals surface area contributed by atoms with Crippen LogP contribution in [0.25, 0.3) is 0 Å². The van der Waals surface area contributed by atoms with Crippen LogP contribution in [0.3, 0.4) is 0 Å². The highest BCUT2D eigenvalue weighted by molar-refractivity contribution is 7.99. The average Bonchev–Trinajstić information content (AvgIpc) is 2.42. The van der Waals surface area contributed by atoms with Crippen LogP contribution in [-0.4, -0.2) is 49.5 Å². The molecule has 0 aliphatic carbocycles. The lowest BCUT2D eigenvalue weighted by Crippen LogP contribution is -2.44.